The highest BCUT2D eigenvalue weighted by Crippen LogP contribution is 2.08. The van der Waals surface area contributed by atoms with Crippen molar-refractivity contribution in [1.82, 2.24) is 4.90 Å². The highest BCUT2D eigenvalue weighted by Gasteiger charge is 2.22. The second-order valence-electron chi connectivity index (χ2n) is 3.57. The summed E-state index contributed by atoms with van der Waals surface area (Å²) in [4.78, 5) is 12.4. The second-order valence-corrected chi connectivity index (χ2v) is 5.02. The minimum atomic E-state index is -4.25. The van der Waals surface area contributed by atoms with Gasteiger partial charge >= 0.3 is 0 Å². The summed E-state index contributed by atoms with van der Waals surface area (Å²) < 4.78 is 39.4. The van der Waals surface area contributed by atoms with E-state index in [-0.39, 0.29) is 12.6 Å². The van der Waals surface area contributed by atoms with E-state index < -0.39 is 21.8 Å². The molecular weight excluding hydrogens is 238 g/mol. The van der Waals surface area contributed by atoms with E-state index in [9.17, 15) is 13.2 Å². The first-order chi connectivity index (χ1) is 7.38. The fourth-order valence-corrected chi connectivity index (χ4v) is 1.50. The van der Waals surface area contributed by atoms with Crippen molar-refractivity contribution in [3.63, 3.8) is 0 Å². The van der Waals surface area contributed by atoms with Crippen molar-refractivity contribution in [3.8, 4) is 0 Å². The Balaban J connectivity index is 2.12. The van der Waals surface area contributed by atoms with Crippen LogP contribution in [0, 0.1) is 0 Å². The summed E-state index contributed by atoms with van der Waals surface area (Å²) in [5.74, 6) is -1.55. The summed E-state index contributed by atoms with van der Waals surface area (Å²) in [5, 5.41) is 0. The molecule has 0 radical (unpaired) electrons. The summed E-state index contributed by atoms with van der Waals surface area (Å²) in [7, 11) is -2.81. The van der Waals surface area contributed by atoms with Gasteiger partial charge in [0.2, 0.25) is 5.91 Å². The Labute approximate surface area is 94.1 Å². The Morgan fingerprint density at radius 2 is 2.25 bits per heavy atom. The van der Waals surface area contributed by atoms with Crippen molar-refractivity contribution in [3.05, 3.63) is 0 Å². The zero-order chi connectivity index (χ0) is 12.2. The quantitative estimate of drug-likeness (QED) is 0.346. The molecule has 0 aromatic carbocycles. The third-order valence-electron chi connectivity index (χ3n) is 2.01. The van der Waals surface area contributed by atoms with Gasteiger partial charge < -0.3 is 14.4 Å². The Kier molecular flexibility index (Phi) is 4.66. The molecule has 0 saturated carbocycles. The van der Waals surface area contributed by atoms with E-state index in [1.54, 1.807) is 0 Å². The molecular formula is C8H15NO6S. The zero-order valence-electron chi connectivity index (χ0n) is 8.96. The van der Waals surface area contributed by atoms with Gasteiger partial charge in [-0.3, -0.25) is 9.35 Å². The van der Waals surface area contributed by atoms with E-state index in [1.165, 1.54) is 11.9 Å². The third kappa shape index (κ3) is 6.01. The van der Waals surface area contributed by atoms with Crippen LogP contribution in [0.4, 0.5) is 0 Å². The number of ether oxygens (including phenoxy) is 2. The van der Waals surface area contributed by atoms with Crippen molar-refractivity contribution in [2.75, 3.05) is 39.2 Å². The maximum atomic E-state index is 11.2. The number of carbonyl (C=O) groups excluding carboxylic acids is 1. The van der Waals surface area contributed by atoms with E-state index in [0.717, 1.165) is 0 Å². The average Bonchev–Trinajstić information content (AvgIpc) is 2.92. The van der Waals surface area contributed by atoms with Gasteiger partial charge in [0, 0.05) is 13.6 Å². The van der Waals surface area contributed by atoms with Crippen LogP contribution in [-0.2, 0) is 24.4 Å². The molecule has 1 amide bonds. The lowest BCUT2D eigenvalue weighted by atomic mass is 10.5. The summed E-state index contributed by atoms with van der Waals surface area (Å²) >= 11 is 0. The molecule has 1 saturated heterocycles. The number of hydrogen-bond donors (Lipinski definition) is 1. The van der Waals surface area contributed by atoms with E-state index in [1.807, 2.05) is 0 Å². The maximum absolute atomic E-state index is 11.2. The molecule has 1 fully saturated rings. The number of hydrogen-bond acceptors (Lipinski definition) is 5. The summed E-state index contributed by atoms with van der Waals surface area (Å²) in [5.41, 5.74) is 0. The molecule has 0 aliphatic carbocycles. The minimum Gasteiger partial charge on any atom is -0.377 e. The molecule has 1 rings (SSSR count). The Morgan fingerprint density at radius 3 is 2.75 bits per heavy atom. The highest BCUT2D eigenvalue weighted by molar-refractivity contribution is 7.86. The van der Waals surface area contributed by atoms with E-state index in [2.05, 4.69) is 0 Å². The van der Waals surface area contributed by atoms with Gasteiger partial charge in [-0.05, 0) is 0 Å². The Hall–Kier alpha value is -0.700. The van der Waals surface area contributed by atoms with Crippen LogP contribution < -0.4 is 0 Å². The van der Waals surface area contributed by atoms with Crippen molar-refractivity contribution < 1.29 is 27.2 Å². The van der Waals surface area contributed by atoms with Crippen LogP contribution in [0.25, 0.3) is 0 Å². The number of epoxide rings is 1. The molecule has 1 unspecified atom stereocenters. The standard InChI is InChI=1S/C8H15NO6S/c1-9(8(10)6-16(11,12)13)2-3-14-4-7-5-15-7/h7H,2-6H2,1H3,(H,11,12,13). The molecule has 1 N–H and O–H groups in total. The van der Waals surface area contributed by atoms with Gasteiger partial charge in [-0.15, -0.1) is 0 Å². The SMILES string of the molecule is CN(CCOCC1CO1)C(=O)CS(=O)(=O)O. The molecule has 16 heavy (non-hydrogen) atoms. The first-order valence-corrected chi connectivity index (χ1v) is 6.38. The van der Waals surface area contributed by atoms with E-state index in [4.69, 9.17) is 14.0 Å². The molecule has 0 aromatic heterocycles. The summed E-state index contributed by atoms with van der Waals surface area (Å²) in [6.45, 7) is 1.78. The smallest absolute Gasteiger partial charge is 0.274 e. The number of carbonyl (C=O) groups is 1. The van der Waals surface area contributed by atoms with Crippen molar-refractivity contribution >= 4 is 16.0 Å². The average molecular weight is 253 g/mol. The van der Waals surface area contributed by atoms with Crippen molar-refractivity contribution in [1.29, 1.82) is 0 Å². The maximum Gasteiger partial charge on any atom is 0.274 e. The van der Waals surface area contributed by atoms with Crippen molar-refractivity contribution in [2.24, 2.45) is 0 Å². The second kappa shape index (κ2) is 5.58. The lowest BCUT2D eigenvalue weighted by molar-refractivity contribution is -0.127. The molecule has 94 valence electrons. The minimum absolute atomic E-state index is 0.166. The first kappa shape index (κ1) is 13.4. The normalized spacial score (nSPS) is 19.5. The fraction of sp³-hybridized carbons (Fsp3) is 0.875. The predicted octanol–water partition coefficient (Wildman–Crippen LogP) is -1.25. The molecule has 0 aromatic rings. The lowest BCUT2D eigenvalue weighted by Crippen LogP contribution is -2.34. The molecule has 1 aliphatic rings. The lowest BCUT2D eigenvalue weighted by Gasteiger charge is -2.15. The number of likely N-dealkylation sites (N-methyl/N-ethyl adjacent to an activating group) is 1. The Bertz CT molecular complexity index is 336. The Morgan fingerprint density at radius 1 is 1.62 bits per heavy atom. The highest BCUT2D eigenvalue weighted by atomic mass is 32.2. The van der Waals surface area contributed by atoms with E-state index in [0.29, 0.717) is 19.8 Å². The number of amides is 1. The third-order valence-corrected chi connectivity index (χ3v) is 2.62. The number of rotatable bonds is 7. The van der Waals surface area contributed by atoms with Crippen LogP contribution in [0.1, 0.15) is 0 Å². The monoisotopic (exact) mass is 253 g/mol. The van der Waals surface area contributed by atoms with Gasteiger partial charge in [-0.1, -0.05) is 0 Å². The largest absolute Gasteiger partial charge is 0.377 e. The molecule has 8 heteroatoms. The predicted molar refractivity (Wildman–Crippen MR) is 54.6 cm³/mol. The van der Waals surface area contributed by atoms with Gasteiger partial charge in [-0.25, -0.2) is 0 Å². The topological polar surface area (TPSA) is 96.4 Å². The summed E-state index contributed by atoms with van der Waals surface area (Å²) in [6.07, 6.45) is 0.166. The zero-order valence-corrected chi connectivity index (χ0v) is 9.77. The van der Waals surface area contributed by atoms with Crippen molar-refractivity contribution in [2.45, 2.75) is 6.10 Å². The molecule has 1 atom stereocenters. The molecule has 1 aliphatic heterocycles. The van der Waals surface area contributed by atoms with Gasteiger partial charge in [-0.2, -0.15) is 8.42 Å². The molecule has 7 nitrogen and oxygen atoms in total. The van der Waals surface area contributed by atoms with Gasteiger partial charge in [0.05, 0.1) is 19.8 Å². The van der Waals surface area contributed by atoms with Crippen LogP contribution in [0.5, 0.6) is 0 Å². The van der Waals surface area contributed by atoms with Gasteiger partial charge in [0.15, 0.2) is 5.75 Å². The van der Waals surface area contributed by atoms with E-state index >= 15 is 0 Å². The van der Waals surface area contributed by atoms with Gasteiger partial charge in [0.1, 0.15) is 6.10 Å². The first-order valence-electron chi connectivity index (χ1n) is 4.77. The fourth-order valence-electron chi connectivity index (χ4n) is 0.971. The van der Waals surface area contributed by atoms with Crippen LogP contribution in [0.3, 0.4) is 0 Å². The molecule has 0 bridgehead atoms. The number of nitrogens with zero attached hydrogens (tertiary/aromatic N) is 1. The van der Waals surface area contributed by atoms with Crippen LogP contribution in [0.2, 0.25) is 0 Å². The van der Waals surface area contributed by atoms with Crippen LogP contribution in [0.15, 0.2) is 0 Å². The van der Waals surface area contributed by atoms with Gasteiger partial charge in [0.25, 0.3) is 10.1 Å². The molecule has 1 heterocycles. The van der Waals surface area contributed by atoms with Crippen LogP contribution in [-0.4, -0.2) is 69.0 Å². The molecule has 0 spiro atoms. The summed E-state index contributed by atoms with van der Waals surface area (Å²) in [6, 6.07) is 0. The van der Waals surface area contributed by atoms with Crippen LogP contribution >= 0.6 is 0 Å².